The van der Waals surface area contributed by atoms with Gasteiger partial charge < -0.3 is 0 Å². The molecule has 40 valence electrons. The number of hydrogen-bond acceptors (Lipinski definition) is 1. The highest BCUT2D eigenvalue weighted by atomic mass is 31.1. The zero-order valence-corrected chi connectivity index (χ0v) is 5.37. The Hall–Kier alpha value is 0.100. The summed E-state index contributed by atoms with van der Waals surface area (Å²) in [7, 11) is 0.146. The zero-order chi connectivity index (χ0) is 5.28. The summed E-state index contributed by atoms with van der Waals surface area (Å²) in [6.45, 7) is 2.19. The summed E-state index contributed by atoms with van der Waals surface area (Å²) in [6, 6.07) is 0. The lowest BCUT2D eigenvalue weighted by Gasteiger charge is -1.92. The van der Waals surface area contributed by atoms with E-state index in [4.69, 9.17) is 0 Å². The molecule has 1 saturated heterocycles. The minimum atomic E-state index is 0.146. The van der Waals surface area contributed by atoms with Crippen LogP contribution in [0.4, 0.5) is 0 Å². The van der Waals surface area contributed by atoms with Gasteiger partial charge >= 0.3 is 0 Å². The molecule has 0 bridgehead atoms. The fraction of sp³-hybridized carbons (Fsp3) is 0.800. The molecule has 0 N–H and O–H groups in total. The van der Waals surface area contributed by atoms with Crippen molar-refractivity contribution in [3.05, 3.63) is 0 Å². The van der Waals surface area contributed by atoms with Gasteiger partial charge in [-0.25, -0.2) is 0 Å². The number of Topliss-reactive ketones (excluding diaryl/α,β-unsaturated/α-hetero) is 1. The predicted molar refractivity (Wildman–Crippen MR) is 32.2 cm³/mol. The van der Waals surface area contributed by atoms with Gasteiger partial charge in [-0.2, -0.15) is 0 Å². The Labute approximate surface area is 44.9 Å². The molecule has 0 aromatic carbocycles. The Balaban J connectivity index is 2.40. The lowest BCUT2D eigenvalue weighted by atomic mass is 10.4. The van der Waals surface area contributed by atoms with E-state index in [2.05, 4.69) is 6.66 Å². The summed E-state index contributed by atoms with van der Waals surface area (Å²) in [5, 5.41) is 0. The average Bonchev–Trinajstić information content (AvgIpc) is 1.87. The monoisotopic (exact) mass is 116 g/mol. The summed E-state index contributed by atoms with van der Waals surface area (Å²) in [4.78, 5) is 10.5. The highest BCUT2D eigenvalue weighted by Gasteiger charge is 2.15. The number of carbonyl (C=O) groups is 1. The molecule has 0 aromatic heterocycles. The van der Waals surface area contributed by atoms with Crippen molar-refractivity contribution in [2.45, 2.75) is 6.42 Å². The average molecular weight is 116 g/mol. The second kappa shape index (κ2) is 1.92. The maximum atomic E-state index is 10.5. The smallest absolute Gasteiger partial charge is 0.137 e. The Kier molecular flexibility index (Phi) is 1.43. The molecule has 0 amide bonds. The molecule has 0 aromatic rings. The second-order valence-electron chi connectivity index (χ2n) is 2.03. The molecule has 1 nitrogen and oxygen atoms in total. The Morgan fingerprint density at radius 3 is 2.57 bits per heavy atom. The lowest BCUT2D eigenvalue weighted by Crippen LogP contribution is -1.89. The van der Waals surface area contributed by atoms with Gasteiger partial charge in [-0.15, -0.1) is 7.92 Å². The topological polar surface area (TPSA) is 17.1 Å². The summed E-state index contributed by atoms with van der Waals surface area (Å²) in [5.74, 6) is 0.480. The third-order valence-electron chi connectivity index (χ3n) is 1.22. The summed E-state index contributed by atoms with van der Waals surface area (Å²) in [5.41, 5.74) is 0. The van der Waals surface area contributed by atoms with Crippen LogP contribution in [0.1, 0.15) is 6.42 Å². The highest BCUT2D eigenvalue weighted by Crippen LogP contribution is 2.36. The van der Waals surface area contributed by atoms with Crippen LogP contribution >= 0.6 is 7.92 Å². The van der Waals surface area contributed by atoms with E-state index < -0.39 is 0 Å². The van der Waals surface area contributed by atoms with Crippen molar-refractivity contribution in [1.29, 1.82) is 0 Å². The Morgan fingerprint density at radius 1 is 1.71 bits per heavy atom. The fourth-order valence-electron chi connectivity index (χ4n) is 0.775. The van der Waals surface area contributed by atoms with E-state index in [9.17, 15) is 4.79 Å². The first-order chi connectivity index (χ1) is 3.29. The van der Waals surface area contributed by atoms with Crippen molar-refractivity contribution in [3.8, 4) is 0 Å². The Bertz CT molecular complexity index is 90.1. The van der Waals surface area contributed by atoms with E-state index in [-0.39, 0.29) is 7.92 Å². The van der Waals surface area contributed by atoms with Crippen LogP contribution in [0.15, 0.2) is 0 Å². The largest absolute Gasteiger partial charge is 0.299 e. The van der Waals surface area contributed by atoms with Crippen LogP contribution in [0, 0.1) is 0 Å². The van der Waals surface area contributed by atoms with E-state index in [1.165, 1.54) is 6.16 Å². The van der Waals surface area contributed by atoms with Gasteiger partial charge in [-0.1, -0.05) is 0 Å². The summed E-state index contributed by atoms with van der Waals surface area (Å²) >= 11 is 0. The first-order valence-corrected chi connectivity index (χ1v) is 4.65. The van der Waals surface area contributed by atoms with Gasteiger partial charge in [-0.3, -0.25) is 4.79 Å². The van der Waals surface area contributed by atoms with E-state index in [0.717, 1.165) is 12.6 Å². The van der Waals surface area contributed by atoms with Gasteiger partial charge in [0.1, 0.15) is 5.78 Å². The minimum absolute atomic E-state index is 0.146. The Morgan fingerprint density at radius 2 is 2.43 bits per heavy atom. The third kappa shape index (κ3) is 1.24. The molecule has 0 radical (unpaired) electrons. The molecular weight excluding hydrogens is 107 g/mol. The predicted octanol–water partition coefficient (Wildman–Crippen LogP) is 1.07. The molecule has 1 aliphatic heterocycles. The number of rotatable bonds is 0. The zero-order valence-electron chi connectivity index (χ0n) is 4.48. The van der Waals surface area contributed by atoms with E-state index >= 15 is 0 Å². The van der Waals surface area contributed by atoms with Crippen molar-refractivity contribution >= 4 is 13.7 Å². The van der Waals surface area contributed by atoms with Crippen molar-refractivity contribution in [1.82, 2.24) is 0 Å². The SMILES string of the molecule is CP1CCC(=O)C1. The first-order valence-electron chi connectivity index (χ1n) is 2.49. The van der Waals surface area contributed by atoms with Crippen molar-refractivity contribution in [2.24, 2.45) is 0 Å². The number of ketones is 1. The molecule has 1 heterocycles. The standard InChI is InChI=1S/C5H9OP/c1-7-3-2-5(6)4-7/h2-4H2,1H3. The molecule has 7 heavy (non-hydrogen) atoms. The van der Waals surface area contributed by atoms with Gasteiger partial charge in [-0.05, 0) is 12.8 Å². The van der Waals surface area contributed by atoms with Gasteiger partial charge in [0.25, 0.3) is 0 Å². The van der Waals surface area contributed by atoms with Gasteiger partial charge in [0.2, 0.25) is 0 Å². The van der Waals surface area contributed by atoms with Crippen LogP contribution in [-0.2, 0) is 4.79 Å². The summed E-state index contributed by atoms with van der Waals surface area (Å²) in [6.07, 6.45) is 2.95. The molecular formula is C5H9OP. The summed E-state index contributed by atoms with van der Waals surface area (Å²) < 4.78 is 0. The molecule has 1 aliphatic rings. The molecule has 2 heteroatoms. The highest BCUT2D eigenvalue weighted by molar-refractivity contribution is 7.58. The molecule has 1 atom stereocenters. The lowest BCUT2D eigenvalue weighted by molar-refractivity contribution is -0.115. The van der Waals surface area contributed by atoms with Crippen LogP contribution in [0.2, 0.25) is 0 Å². The van der Waals surface area contributed by atoms with Crippen LogP contribution in [-0.4, -0.2) is 24.8 Å². The maximum absolute atomic E-state index is 10.5. The molecule has 1 unspecified atom stereocenters. The van der Waals surface area contributed by atoms with Gasteiger partial charge in [0.15, 0.2) is 0 Å². The van der Waals surface area contributed by atoms with E-state index in [1.54, 1.807) is 0 Å². The third-order valence-corrected chi connectivity index (χ3v) is 3.10. The van der Waals surface area contributed by atoms with E-state index in [1.807, 2.05) is 0 Å². The van der Waals surface area contributed by atoms with Gasteiger partial charge in [0.05, 0.1) is 0 Å². The van der Waals surface area contributed by atoms with E-state index in [0.29, 0.717) is 5.78 Å². The first kappa shape index (κ1) is 5.24. The van der Waals surface area contributed by atoms with Crippen LogP contribution in [0.25, 0.3) is 0 Å². The molecule has 1 fully saturated rings. The van der Waals surface area contributed by atoms with Gasteiger partial charge in [0, 0.05) is 12.6 Å². The normalized spacial score (nSPS) is 31.6. The number of hydrogen-bond donors (Lipinski definition) is 0. The van der Waals surface area contributed by atoms with Crippen LogP contribution in [0.5, 0.6) is 0 Å². The molecule has 1 rings (SSSR count). The maximum Gasteiger partial charge on any atom is 0.137 e. The molecule has 0 saturated carbocycles. The van der Waals surface area contributed by atoms with Crippen molar-refractivity contribution in [2.75, 3.05) is 19.0 Å². The fourth-order valence-corrected chi connectivity index (χ4v) is 2.32. The minimum Gasteiger partial charge on any atom is -0.299 e. The van der Waals surface area contributed by atoms with Crippen molar-refractivity contribution < 1.29 is 4.79 Å². The molecule has 0 spiro atoms. The van der Waals surface area contributed by atoms with Crippen LogP contribution < -0.4 is 0 Å². The quantitative estimate of drug-likeness (QED) is 0.432. The second-order valence-corrected chi connectivity index (χ2v) is 4.50. The van der Waals surface area contributed by atoms with Crippen molar-refractivity contribution in [3.63, 3.8) is 0 Å². The number of carbonyl (C=O) groups excluding carboxylic acids is 1. The van der Waals surface area contributed by atoms with Crippen LogP contribution in [0.3, 0.4) is 0 Å². The molecule has 0 aliphatic carbocycles.